The van der Waals surface area contributed by atoms with E-state index < -0.39 is 17.5 Å². The Labute approximate surface area is 284 Å². The maximum atomic E-state index is 16.0. The molecule has 0 spiro atoms. The summed E-state index contributed by atoms with van der Waals surface area (Å²) in [7, 11) is 0. The van der Waals surface area contributed by atoms with Crippen LogP contribution in [0.2, 0.25) is 0 Å². The number of benzene rings is 2. The van der Waals surface area contributed by atoms with Gasteiger partial charge in [-0.2, -0.15) is 10.2 Å². The Hall–Kier alpha value is -4.63. The second-order valence-corrected chi connectivity index (χ2v) is 13.0. The molecule has 15 heteroatoms. The lowest BCUT2D eigenvalue weighted by molar-refractivity contribution is -0.124. The number of rotatable bonds is 6. The van der Waals surface area contributed by atoms with Gasteiger partial charge in [0.2, 0.25) is 5.91 Å². The maximum absolute atomic E-state index is 16.0. The monoisotopic (exact) mass is 760 g/mol. The van der Waals surface area contributed by atoms with E-state index in [2.05, 4.69) is 79.6 Å². The van der Waals surface area contributed by atoms with Gasteiger partial charge in [0.05, 0.1) is 16.5 Å². The summed E-state index contributed by atoms with van der Waals surface area (Å²) in [5.74, 6) is -1.26. The molecular weight excluding hydrogens is 735 g/mol. The number of fused-ring (bicyclic) bond motifs is 4. The number of hydrogen-bond donors (Lipinski definition) is 2. The van der Waals surface area contributed by atoms with Crippen LogP contribution in [0.3, 0.4) is 0 Å². The Morgan fingerprint density at radius 2 is 1.43 bits per heavy atom. The summed E-state index contributed by atoms with van der Waals surface area (Å²) in [6.07, 6.45) is 8.20. The summed E-state index contributed by atoms with van der Waals surface area (Å²) in [4.78, 5) is 41.8. The third kappa shape index (κ3) is 5.36. The van der Waals surface area contributed by atoms with Gasteiger partial charge >= 0.3 is 0 Å². The Morgan fingerprint density at radius 3 is 2.13 bits per heavy atom. The summed E-state index contributed by atoms with van der Waals surface area (Å²) < 4.78 is 21.2. The summed E-state index contributed by atoms with van der Waals surface area (Å²) in [6.45, 7) is 5.61. The molecule has 0 saturated carbocycles. The molecule has 0 fully saturated rings. The van der Waals surface area contributed by atoms with Crippen LogP contribution in [0.25, 0.3) is 22.1 Å². The first-order valence-corrected chi connectivity index (χ1v) is 16.6. The van der Waals surface area contributed by atoms with Crippen molar-refractivity contribution in [3.05, 3.63) is 92.9 Å². The zero-order valence-corrected chi connectivity index (χ0v) is 28.4. The first kappa shape index (κ1) is 31.0. The highest BCUT2D eigenvalue weighted by atomic mass is 79.9. The van der Waals surface area contributed by atoms with Crippen molar-refractivity contribution in [1.29, 1.82) is 0 Å². The predicted molar refractivity (Wildman–Crippen MR) is 181 cm³/mol. The number of alkyl halides is 1. The molecule has 2 atom stereocenters. The van der Waals surface area contributed by atoms with Gasteiger partial charge in [-0.1, -0.05) is 45.7 Å². The van der Waals surface area contributed by atoms with Crippen LogP contribution in [0.15, 0.2) is 70.4 Å². The van der Waals surface area contributed by atoms with Crippen molar-refractivity contribution in [2.24, 2.45) is 0 Å². The van der Waals surface area contributed by atoms with Crippen molar-refractivity contribution in [2.45, 2.75) is 51.4 Å². The Morgan fingerprint density at radius 1 is 0.809 bits per heavy atom. The van der Waals surface area contributed by atoms with Crippen LogP contribution in [0.1, 0.15) is 55.1 Å². The van der Waals surface area contributed by atoms with Crippen molar-refractivity contribution in [1.82, 2.24) is 39.5 Å². The number of carbonyl (C=O) groups excluding carboxylic acids is 2. The van der Waals surface area contributed by atoms with Crippen molar-refractivity contribution in [3.8, 4) is 0 Å². The lowest BCUT2D eigenvalue weighted by atomic mass is 9.92. The van der Waals surface area contributed by atoms with Gasteiger partial charge in [0.15, 0.2) is 11.3 Å². The third-order valence-electron chi connectivity index (χ3n) is 8.02. The predicted octanol–water partition coefficient (Wildman–Crippen LogP) is 6.25. The van der Waals surface area contributed by atoms with Gasteiger partial charge in [0.25, 0.3) is 11.6 Å². The largest absolute Gasteiger partial charge is 0.325 e. The quantitative estimate of drug-likeness (QED) is 0.203. The molecule has 2 unspecified atom stereocenters. The second-order valence-electron chi connectivity index (χ2n) is 11.2. The lowest BCUT2D eigenvalue weighted by Gasteiger charge is -2.17. The summed E-state index contributed by atoms with van der Waals surface area (Å²) in [5, 5.41) is 15.6. The highest BCUT2D eigenvalue weighted by molar-refractivity contribution is 9.10. The van der Waals surface area contributed by atoms with E-state index in [9.17, 15) is 9.59 Å². The van der Waals surface area contributed by atoms with Crippen LogP contribution in [0, 0.1) is 0 Å². The van der Waals surface area contributed by atoms with Crippen molar-refractivity contribution in [3.63, 3.8) is 0 Å². The standard InChI is InChI=1S/C16H13BrFN5O.C16H14BrN5O/c1-2-5-23-7-10-13(19-8-20-14(10)22-23)16(18)11-6-9(17)3-4-12(11)21-15(16)24;1-2-5-22-7-11-14(18-8-19-15(11)21-22)13-10-6-9(17)3-4-12(10)20-16(13)23/h3-4,6-8H,2,5H2,1H3,(H,21,24);3-4,6-8,13H,2,5H2,1H3,(H,20,23). The summed E-state index contributed by atoms with van der Waals surface area (Å²) in [5.41, 5.74) is 1.78. The van der Waals surface area contributed by atoms with Crippen molar-refractivity contribution >= 4 is 77.1 Å². The zero-order chi connectivity index (χ0) is 32.9. The molecule has 47 heavy (non-hydrogen) atoms. The lowest BCUT2D eigenvalue weighted by Crippen LogP contribution is -2.32. The first-order chi connectivity index (χ1) is 22.7. The van der Waals surface area contributed by atoms with Gasteiger partial charge in [-0.15, -0.1) is 0 Å². The van der Waals surface area contributed by atoms with E-state index in [0.29, 0.717) is 39.1 Å². The number of nitrogens with one attached hydrogen (secondary N) is 2. The highest BCUT2D eigenvalue weighted by Gasteiger charge is 2.51. The smallest absolute Gasteiger partial charge is 0.273 e. The maximum Gasteiger partial charge on any atom is 0.273 e. The van der Waals surface area contributed by atoms with Crippen molar-refractivity contribution < 1.29 is 14.0 Å². The molecule has 6 heterocycles. The average Bonchev–Trinajstić information content (AvgIpc) is 3.80. The van der Waals surface area contributed by atoms with E-state index in [4.69, 9.17) is 0 Å². The average molecular weight is 762 g/mol. The number of aromatic nitrogens is 8. The van der Waals surface area contributed by atoms with E-state index in [1.807, 2.05) is 36.0 Å². The molecule has 12 nitrogen and oxygen atoms in total. The number of carbonyl (C=O) groups is 2. The van der Waals surface area contributed by atoms with Crippen LogP contribution in [0.4, 0.5) is 15.8 Å². The highest BCUT2D eigenvalue weighted by Crippen LogP contribution is 2.46. The fourth-order valence-corrected chi connectivity index (χ4v) is 6.70. The molecule has 0 saturated heterocycles. The number of aryl methyl sites for hydroxylation is 2. The van der Waals surface area contributed by atoms with Crippen LogP contribution in [-0.4, -0.2) is 51.3 Å². The number of halogens is 3. The van der Waals surface area contributed by atoms with Gasteiger partial charge in [-0.25, -0.2) is 24.3 Å². The molecule has 4 aromatic heterocycles. The van der Waals surface area contributed by atoms with E-state index in [1.165, 1.54) is 12.7 Å². The topological polar surface area (TPSA) is 145 Å². The molecule has 0 aliphatic carbocycles. The minimum absolute atomic E-state index is 0.0178. The Bertz CT molecular complexity index is 2200. The SMILES string of the molecule is CCCn1cc2c(C3(F)C(=O)Nc4ccc(Br)cc43)ncnc2n1.CCCn1cc2c(C3C(=O)Nc4ccc(Br)cc43)ncnc2n1. The summed E-state index contributed by atoms with van der Waals surface area (Å²) in [6, 6.07) is 10.8. The van der Waals surface area contributed by atoms with Crippen LogP contribution < -0.4 is 10.6 Å². The molecule has 2 aromatic carbocycles. The van der Waals surface area contributed by atoms with Gasteiger partial charge in [-0.3, -0.25) is 19.0 Å². The molecule has 8 rings (SSSR count). The molecule has 2 aliphatic heterocycles. The molecule has 2 N–H and O–H groups in total. The fraction of sp³-hybridized carbons (Fsp3) is 0.250. The first-order valence-electron chi connectivity index (χ1n) is 15.0. The Kier molecular flexibility index (Phi) is 8.04. The molecule has 2 aliphatic rings. The number of nitrogens with zero attached hydrogens (tertiary/aromatic N) is 8. The van der Waals surface area contributed by atoms with Gasteiger partial charge in [0.1, 0.15) is 24.3 Å². The van der Waals surface area contributed by atoms with E-state index >= 15 is 4.39 Å². The van der Waals surface area contributed by atoms with Gasteiger partial charge < -0.3 is 10.6 Å². The van der Waals surface area contributed by atoms with Crippen molar-refractivity contribution in [2.75, 3.05) is 10.6 Å². The van der Waals surface area contributed by atoms with E-state index in [-0.39, 0.29) is 17.2 Å². The second kappa shape index (κ2) is 12.2. The molecule has 2 amide bonds. The van der Waals surface area contributed by atoms with Gasteiger partial charge in [0, 0.05) is 51.4 Å². The molecule has 0 bridgehead atoms. The normalized spacial score (nSPS) is 18.1. The zero-order valence-electron chi connectivity index (χ0n) is 25.2. The molecule has 238 valence electrons. The van der Waals surface area contributed by atoms with Crippen LogP contribution in [0.5, 0.6) is 0 Å². The number of anilines is 2. The Balaban J connectivity index is 0.000000150. The number of hydrogen-bond acceptors (Lipinski definition) is 8. The van der Waals surface area contributed by atoms with Crippen LogP contribution >= 0.6 is 31.9 Å². The van der Waals surface area contributed by atoms with E-state index in [1.54, 1.807) is 29.1 Å². The molecule has 6 aromatic rings. The van der Waals surface area contributed by atoms with Crippen LogP contribution in [-0.2, 0) is 28.3 Å². The molecule has 0 radical (unpaired) electrons. The minimum atomic E-state index is -2.37. The minimum Gasteiger partial charge on any atom is -0.325 e. The number of amides is 2. The fourth-order valence-electron chi connectivity index (χ4n) is 5.96. The van der Waals surface area contributed by atoms with E-state index in [0.717, 1.165) is 40.5 Å². The third-order valence-corrected chi connectivity index (χ3v) is 9.01. The molecular formula is C32H27Br2FN10O2. The summed E-state index contributed by atoms with van der Waals surface area (Å²) >= 11 is 6.80. The van der Waals surface area contributed by atoms with Gasteiger partial charge in [-0.05, 0) is 54.8 Å².